The van der Waals surface area contributed by atoms with Crippen molar-refractivity contribution < 1.29 is 37.0 Å². The first-order valence-electron chi connectivity index (χ1n) is 13.0. The standard InChI is InChI=1S/C28H24F4N6O4/c1-26(25(33)40)13-42-23-17(26)10-20(36-22(23)15-4-6-16(29)7-5-15)27(41,28(30,31)32)12-34-24(39)18-8-9-21-35-19(14-2-3-14)11-38(21)37-18/h4-11,14,41H,2-3,12-13H2,1H3,(H2,33,40)(H,34,39)/t26-,27-/m0/s1. The number of hydrogen-bond acceptors (Lipinski definition) is 7. The van der Waals surface area contributed by atoms with Crippen LogP contribution in [0.25, 0.3) is 16.9 Å². The van der Waals surface area contributed by atoms with Crippen LogP contribution in [0.2, 0.25) is 0 Å². The minimum Gasteiger partial charge on any atom is -0.489 e. The maximum Gasteiger partial charge on any atom is 0.424 e. The molecule has 4 aromatic rings. The van der Waals surface area contributed by atoms with Gasteiger partial charge in [0.2, 0.25) is 11.5 Å². The summed E-state index contributed by atoms with van der Waals surface area (Å²) in [5.41, 5.74) is 0.457. The number of carbonyl (C=O) groups is 2. The summed E-state index contributed by atoms with van der Waals surface area (Å²) in [4.78, 5) is 33.8. The fourth-order valence-corrected chi connectivity index (χ4v) is 4.83. The predicted molar refractivity (Wildman–Crippen MR) is 139 cm³/mol. The van der Waals surface area contributed by atoms with Crippen LogP contribution in [0.15, 0.2) is 48.7 Å². The minimum absolute atomic E-state index is 0.0244. The summed E-state index contributed by atoms with van der Waals surface area (Å²) < 4.78 is 64.4. The second kappa shape index (κ2) is 9.48. The summed E-state index contributed by atoms with van der Waals surface area (Å²) in [5, 5.41) is 17.4. The number of rotatable bonds is 7. The number of fused-ring (bicyclic) bond motifs is 2. The lowest BCUT2D eigenvalue weighted by atomic mass is 9.81. The van der Waals surface area contributed by atoms with Crippen LogP contribution in [0.3, 0.4) is 0 Å². The number of nitrogens with zero attached hydrogens (tertiary/aromatic N) is 4. The highest BCUT2D eigenvalue weighted by atomic mass is 19.4. The van der Waals surface area contributed by atoms with E-state index in [1.807, 2.05) is 0 Å². The number of aromatic nitrogens is 4. The van der Waals surface area contributed by atoms with Crippen molar-refractivity contribution in [3.05, 3.63) is 77.1 Å². The molecule has 2 amide bonds. The molecule has 218 valence electrons. The predicted octanol–water partition coefficient (Wildman–Crippen LogP) is 3.12. The van der Waals surface area contributed by atoms with Gasteiger partial charge in [-0.2, -0.15) is 18.3 Å². The van der Waals surface area contributed by atoms with Crippen LogP contribution in [0, 0.1) is 5.82 Å². The number of nitrogens with one attached hydrogen (secondary N) is 1. The van der Waals surface area contributed by atoms with Crippen molar-refractivity contribution >= 4 is 17.5 Å². The third kappa shape index (κ3) is 4.51. The highest BCUT2D eigenvalue weighted by molar-refractivity contribution is 5.92. The largest absolute Gasteiger partial charge is 0.489 e. The fraction of sp³-hybridized carbons (Fsp3) is 0.321. The van der Waals surface area contributed by atoms with Gasteiger partial charge in [-0.25, -0.2) is 18.9 Å². The number of ether oxygens (including phenoxy) is 1. The van der Waals surface area contributed by atoms with Crippen molar-refractivity contribution in [1.29, 1.82) is 0 Å². The number of primary amides is 1. The van der Waals surface area contributed by atoms with E-state index in [-0.39, 0.29) is 34.9 Å². The van der Waals surface area contributed by atoms with Gasteiger partial charge in [0.1, 0.15) is 35.0 Å². The van der Waals surface area contributed by atoms with Gasteiger partial charge >= 0.3 is 6.18 Å². The van der Waals surface area contributed by atoms with Crippen LogP contribution in [0.4, 0.5) is 17.6 Å². The first-order chi connectivity index (χ1) is 19.8. The molecule has 1 aliphatic carbocycles. The monoisotopic (exact) mass is 584 g/mol. The maximum absolute atomic E-state index is 14.6. The average molecular weight is 585 g/mol. The lowest BCUT2D eigenvalue weighted by Crippen LogP contribution is -2.52. The second-order valence-corrected chi connectivity index (χ2v) is 10.7. The van der Waals surface area contributed by atoms with Gasteiger partial charge in [-0.3, -0.25) is 9.59 Å². The molecule has 1 aliphatic heterocycles. The van der Waals surface area contributed by atoms with E-state index >= 15 is 0 Å². The van der Waals surface area contributed by atoms with E-state index < -0.39 is 47.1 Å². The Bertz CT molecular complexity index is 1740. The Morgan fingerprint density at radius 2 is 1.88 bits per heavy atom. The first kappa shape index (κ1) is 27.6. The summed E-state index contributed by atoms with van der Waals surface area (Å²) in [6.07, 6.45) is -1.68. The molecule has 1 fully saturated rings. The van der Waals surface area contributed by atoms with Crippen LogP contribution in [-0.4, -0.2) is 55.8 Å². The summed E-state index contributed by atoms with van der Waals surface area (Å²) in [7, 11) is 0. The molecule has 0 bridgehead atoms. The summed E-state index contributed by atoms with van der Waals surface area (Å²) >= 11 is 0. The number of hydrogen-bond donors (Lipinski definition) is 3. The third-order valence-electron chi connectivity index (χ3n) is 7.70. The first-order valence-corrected chi connectivity index (χ1v) is 13.0. The molecule has 14 heteroatoms. The van der Waals surface area contributed by atoms with E-state index in [0.29, 0.717) is 11.6 Å². The van der Waals surface area contributed by atoms with Crippen LogP contribution in [-0.2, 0) is 15.8 Å². The number of nitrogens with two attached hydrogens (primary N) is 1. The number of benzene rings is 1. The van der Waals surface area contributed by atoms with Crippen molar-refractivity contribution in [3.8, 4) is 17.0 Å². The molecule has 0 spiro atoms. The van der Waals surface area contributed by atoms with Crippen molar-refractivity contribution in [3.63, 3.8) is 0 Å². The van der Waals surface area contributed by atoms with Gasteiger partial charge in [-0.15, -0.1) is 0 Å². The number of carbonyl (C=O) groups excluding carboxylic acids is 2. The Morgan fingerprint density at radius 3 is 2.52 bits per heavy atom. The Balaban J connectivity index is 1.38. The molecule has 4 N–H and O–H groups in total. The zero-order valence-corrected chi connectivity index (χ0v) is 22.1. The topological polar surface area (TPSA) is 145 Å². The van der Waals surface area contributed by atoms with E-state index in [4.69, 9.17) is 10.5 Å². The van der Waals surface area contributed by atoms with Crippen LogP contribution in [0.1, 0.15) is 53.1 Å². The van der Waals surface area contributed by atoms with Gasteiger partial charge in [0.15, 0.2) is 5.65 Å². The smallest absolute Gasteiger partial charge is 0.424 e. The van der Waals surface area contributed by atoms with Gasteiger partial charge in [-0.1, -0.05) is 0 Å². The van der Waals surface area contributed by atoms with Crippen molar-refractivity contribution in [1.82, 2.24) is 24.9 Å². The number of amides is 2. The molecule has 4 heterocycles. The Hall–Kier alpha value is -4.59. The average Bonchev–Trinajstić information content (AvgIpc) is 3.62. The lowest BCUT2D eigenvalue weighted by molar-refractivity contribution is -0.265. The van der Waals surface area contributed by atoms with E-state index in [0.717, 1.165) is 36.7 Å². The number of aliphatic hydroxyl groups is 1. The molecule has 0 radical (unpaired) electrons. The van der Waals surface area contributed by atoms with Gasteiger partial charge < -0.3 is 20.9 Å². The Labute approximate surface area is 235 Å². The molecular weight excluding hydrogens is 560 g/mol. The SMILES string of the molecule is C[C@]1(C(N)=O)COc2c1cc([C@@](O)(CNC(=O)c1ccc3nc(C4CC4)cn3n1)C(F)(F)F)nc2-c1ccc(F)cc1. The summed E-state index contributed by atoms with van der Waals surface area (Å²) in [6.45, 7) is -0.238. The number of imidazole rings is 1. The highest BCUT2D eigenvalue weighted by Gasteiger charge is 2.57. The Morgan fingerprint density at radius 1 is 1.17 bits per heavy atom. The van der Waals surface area contributed by atoms with Gasteiger partial charge in [0.05, 0.1) is 24.1 Å². The normalized spacial score (nSPS) is 19.7. The van der Waals surface area contributed by atoms with Crippen molar-refractivity contribution in [2.75, 3.05) is 13.2 Å². The number of pyridine rings is 1. The molecular formula is C28H24F4N6O4. The number of alkyl halides is 3. The lowest BCUT2D eigenvalue weighted by Gasteiger charge is -2.31. The van der Waals surface area contributed by atoms with Crippen molar-refractivity contribution in [2.24, 2.45) is 5.73 Å². The molecule has 10 nitrogen and oxygen atoms in total. The zero-order chi connectivity index (χ0) is 30.0. The van der Waals surface area contributed by atoms with Crippen LogP contribution in [0.5, 0.6) is 5.75 Å². The summed E-state index contributed by atoms with van der Waals surface area (Å²) in [6, 6.07) is 8.42. The van der Waals surface area contributed by atoms with Gasteiger partial charge in [0, 0.05) is 17.0 Å². The zero-order valence-electron chi connectivity index (χ0n) is 22.1. The summed E-state index contributed by atoms with van der Waals surface area (Å²) in [5.74, 6) is -2.16. The quantitative estimate of drug-likeness (QED) is 0.283. The van der Waals surface area contributed by atoms with Gasteiger partial charge in [-0.05, 0) is 62.2 Å². The molecule has 0 unspecified atom stereocenters. The van der Waals surface area contributed by atoms with Gasteiger partial charge in [0.25, 0.3) is 5.91 Å². The second-order valence-electron chi connectivity index (χ2n) is 10.7. The van der Waals surface area contributed by atoms with E-state index in [9.17, 15) is 32.3 Å². The molecule has 2 aliphatic rings. The fourth-order valence-electron chi connectivity index (χ4n) is 4.83. The van der Waals surface area contributed by atoms with E-state index in [1.165, 1.54) is 35.7 Å². The van der Waals surface area contributed by atoms with E-state index in [1.54, 1.807) is 6.20 Å². The molecule has 2 atom stereocenters. The molecule has 1 saturated carbocycles. The molecule has 0 saturated heterocycles. The van der Waals surface area contributed by atoms with Crippen molar-refractivity contribution in [2.45, 2.75) is 42.9 Å². The third-order valence-corrected chi connectivity index (χ3v) is 7.70. The maximum atomic E-state index is 14.6. The highest BCUT2D eigenvalue weighted by Crippen LogP contribution is 2.47. The molecule has 6 rings (SSSR count). The van der Waals surface area contributed by atoms with E-state index in [2.05, 4.69) is 20.4 Å². The minimum atomic E-state index is -5.34. The Kier molecular flexibility index (Phi) is 6.22. The van der Waals surface area contributed by atoms with Crippen LogP contribution < -0.4 is 15.8 Å². The van der Waals surface area contributed by atoms with Crippen LogP contribution >= 0.6 is 0 Å². The molecule has 1 aromatic carbocycles. The molecule has 42 heavy (non-hydrogen) atoms. The number of halogens is 4. The molecule has 3 aromatic heterocycles.